The van der Waals surface area contributed by atoms with Crippen molar-refractivity contribution < 1.29 is 43.0 Å². The quantitative estimate of drug-likeness (QED) is 0.0434. The predicted octanol–water partition coefficient (Wildman–Crippen LogP) is 6.12. The third-order valence-corrected chi connectivity index (χ3v) is 9.77. The van der Waals surface area contributed by atoms with Crippen LogP contribution in [0.15, 0.2) is 115 Å². The zero-order valence-corrected chi connectivity index (χ0v) is 31.5. The van der Waals surface area contributed by atoms with Gasteiger partial charge in [0.15, 0.2) is 0 Å². The van der Waals surface area contributed by atoms with Crippen molar-refractivity contribution in [1.82, 2.24) is 10.2 Å². The molecule has 14 nitrogen and oxygen atoms in total. The molecule has 1 fully saturated rings. The summed E-state index contributed by atoms with van der Waals surface area (Å²) in [5.74, 6) is -0.467. The summed E-state index contributed by atoms with van der Waals surface area (Å²) in [6, 6.07) is 25.2. The fourth-order valence-electron chi connectivity index (χ4n) is 6.84. The molecule has 1 N–H and O–H groups in total. The molecule has 0 bridgehead atoms. The molecule has 14 heteroatoms. The van der Waals surface area contributed by atoms with Crippen LogP contribution >= 0.6 is 0 Å². The lowest BCUT2D eigenvalue weighted by Gasteiger charge is -2.29. The van der Waals surface area contributed by atoms with Crippen LogP contribution in [0.5, 0.6) is 11.5 Å². The van der Waals surface area contributed by atoms with E-state index in [1.165, 1.54) is 24.3 Å². The van der Waals surface area contributed by atoms with Gasteiger partial charge in [0.2, 0.25) is 5.91 Å². The largest absolute Gasteiger partial charge is 0.491 e. The van der Waals surface area contributed by atoms with Crippen molar-refractivity contribution in [2.24, 2.45) is 0 Å². The standard InChI is InChI=1S/C44H40N4O10/c1-29-9-20-40(41(49)45-29)47-43(51)37-19-18-34(27-38(37)44(47)52)58-26-24-56-22-21-55-23-25-57-33-16-12-31(13-17-33)28-46-39-8-3-2-6-35(39)36(42(46)50)7-4-5-30-10-14-32(15-11-30)48(53)54/h2-8,10-19,27,40H,1,9,20-26,28H2,(H,45,49)/b5-4+,36-7-. The first kappa shape index (κ1) is 39.3. The van der Waals surface area contributed by atoms with E-state index < -0.39 is 28.7 Å². The highest BCUT2D eigenvalue weighted by Gasteiger charge is 2.44. The van der Waals surface area contributed by atoms with E-state index in [9.17, 15) is 29.3 Å². The van der Waals surface area contributed by atoms with E-state index >= 15 is 0 Å². The molecule has 58 heavy (non-hydrogen) atoms. The Morgan fingerprint density at radius 3 is 2.12 bits per heavy atom. The van der Waals surface area contributed by atoms with Gasteiger partial charge in [-0.25, -0.2) is 0 Å². The topological polar surface area (TPSA) is 167 Å². The fraction of sp³-hybridized carbons (Fsp3) is 0.227. The molecule has 1 unspecified atom stereocenters. The first-order valence-corrected chi connectivity index (χ1v) is 18.7. The van der Waals surface area contributed by atoms with Crippen LogP contribution in [0, 0.1) is 10.1 Å². The van der Waals surface area contributed by atoms with Crippen LogP contribution in [0.2, 0.25) is 0 Å². The fourth-order valence-corrected chi connectivity index (χ4v) is 6.84. The van der Waals surface area contributed by atoms with Gasteiger partial charge >= 0.3 is 0 Å². The maximum atomic E-state index is 13.5. The summed E-state index contributed by atoms with van der Waals surface area (Å²) in [7, 11) is 0. The van der Waals surface area contributed by atoms with Crippen molar-refractivity contribution >= 4 is 46.7 Å². The lowest BCUT2D eigenvalue weighted by molar-refractivity contribution is -0.384. The number of ether oxygens (including phenoxy) is 4. The Hall–Kier alpha value is -6.90. The van der Waals surface area contributed by atoms with Crippen LogP contribution in [0.1, 0.15) is 50.2 Å². The molecule has 1 atom stereocenters. The number of non-ortho nitro benzene ring substituents is 1. The number of fused-ring (bicyclic) bond motifs is 2. The molecule has 0 radical (unpaired) electrons. The van der Waals surface area contributed by atoms with E-state index in [4.69, 9.17) is 18.9 Å². The number of amides is 4. The number of allylic oxidation sites excluding steroid dienone is 3. The molecule has 0 aliphatic carbocycles. The first-order chi connectivity index (χ1) is 28.2. The number of para-hydroxylation sites is 1. The maximum absolute atomic E-state index is 13.5. The normalized spacial score (nSPS) is 16.9. The molecule has 3 aliphatic rings. The number of hydrogen-bond acceptors (Lipinski definition) is 10. The van der Waals surface area contributed by atoms with Crippen LogP contribution in [0.25, 0.3) is 11.6 Å². The molecule has 3 aliphatic heterocycles. The number of rotatable bonds is 17. The molecule has 4 aromatic rings. The Kier molecular flexibility index (Phi) is 12.2. The first-order valence-electron chi connectivity index (χ1n) is 18.7. The highest BCUT2D eigenvalue weighted by atomic mass is 16.6. The Morgan fingerprint density at radius 1 is 0.759 bits per heavy atom. The molecule has 4 amide bonds. The van der Waals surface area contributed by atoms with E-state index in [1.807, 2.05) is 48.5 Å². The minimum atomic E-state index is -0.871. The van der Waals surface area contributed by atoms with Gasteiger partial charge in [0.05, 0.1) is 54.7 Å². The highest BCUT2D eigenvalue weighted by Crippen LogP contribution is 2.38. The molecule has 1 saturated heterocycles. The lowest BCUT2D eigenvalue weighted by atomic mass is 10.0. The van der Waals surface area contributed by atoms with Gasteiger partial charge in [-0.15, -0.1) is 0 Å². The van der Waals surface area contributed by atoms with E-state index in [2.05, 4.69) is 11.9 Å². The molecule has 296 valence electrons. The SMILES string of the molecule is C=C1CCC(N2C(=O)c3ccc(OCCOCCOCCOc4ccc(CN5C(=O)/C(=C\C=C\c6ccc([N+](=O)[O-])cc6)c6ccccc65)cc4)cc3C2=O)C(=O)N1. The minimum absolute atomic E-state index is 0.0185. The summed E-state index contributed by atoms with van der Waals surface area (Å²) in [4.78, 5) is 65.2. The Labute approximate surface area is 334 Å². The third kappa shape index (κ3) is 8.88. The number of nitro benzene ring substituents is 1. The summed E-state index contributed by atoms with van der Waals surface area (Å²) < 4.78 is 22.8. The monoisotopic (exact) mass is 784 g/mol. The van der Waals surface area contributed by atoms with Gasteiger partial charge in [-0.3, -0.25) is 34.2 Å². The summed E-state index contributed by atoms with van der Waals surface area (Å²) >= 11 is 0. The third-order valence-electron chi connectivity index (χ3n) is 9.77. The number of carbonyl (C=O) groups excluding carboxylic acids is 4. The van der Waals surface area contributed by atoms with E-state index in [-0.39, 0.29) is 35.9 Å². The second-order valence-corrected chi connectivity index (χ2v) is 13.6. The van der Waals surface area contributed by atoms with Crippen LogP contribution < -0.4 is 19.7 Å². The van der Waals surface area contributed by atoms with E-state index in [0.29, 0.717) is 68.6 Å². The van der Waals surface area contributed by atoms with Crippen molar-refractivity contribution in [2.75, 3.05) is 44.5 Å². The Bertz CT molecular complexity index is 2300. The van der Waals surface area contributed by atoms with Crippen LogP contribution in [-0.4, -0.2) is 79.1 Å². The Morgan fingerprint density at radius 2 is 1.41 bits per heavy atom. The molecule has 0 spiro atoms. The number of anilines is 1. The number of nitrogens with zero attached hydrogens (tertiary/aromatic N) is 3. The van der Waals surface area contributed by atoms with Gasteiger partial charge in [-0.1, -0.05) is 49.1 Å². The van der Waals surface area contributed by atoms with Gasteiger partial charge in [0, 0.05) is 29.0 Å². The second-order valence-electron chi connectivity index (χ2n) is 13.6. The zero-order chi connectivity index (χ0) is 40.6. The summed E-state index contributed by atoms with van der Waals surface area (Å²) in [5, 5.41) is 13.6. The summed E-state index contributed by atoms with van der Waals surface area (Å²) in [5.41, 5.74) is 4.96. The minimum Gasteiger partial charge on any atom is -0.491 e. The van der Waals surface area contributed by atoms with E-state index in [0.717, 1.165) is 27.3 Å². The molecule has 3 heterocycles. The number of nitrogens with one attached hydrogen (secondary N) is 1. The lowest BCUT2D eigenvalue weighted by Crippen LogP contribution is -2.51. The van der Waals surface area contributed by atoms with Gasteiger partial charge in [-0.05, 0) is 78.6 Å². The molecule has 7 rings (SSSR count). The maximum Gasteiger partial charge on any atom is 0.269 e. The molecule has 0 saturated carbocycles. The molecular weight excluding hydrogens is 745 g/mol. The molecule has 4 aromatic carbocycles. The summed E-state index contributed by atoms with van der Waals surface area (Å²) in [6.07, 6.45) is 6.17. The zero-order valence-electron chi connectivity index (χ0n) is 31.5. The number of hydrogen-bond donors (Lipinski definition) is 1. The van der Waals surface area contributed by atoms with Crippen LogP contribution in [0.3, 0.4) is 0 Å². The second kappa shape index (κ2) is 17.9. The van der Waals surface area contributed by atoms with Gasteiger partial charge in [-0.2, -0.15) is 0 Å². The number of imide groups is 1. The van der Waals surface area contributed by atoms with Gasteiger partial charge in [0.1, 0.15) is 30.8 Å². The smallest absolute Gasteiger partial charge is 0.269 e. The number of piperidine rings is 1. The number of carbonyl (C=O) groups is 4. The average molecular weight is 785 g/mol. The van der Waals surface area contributed by atoms with Crippen molar-refractivity contribution in [2.45, 2.75) is 25.4 Å². The van der Waals surface area contributed by atoms with Crippen LogP contribution in [0.4, 0.5) is 11.4 Å². The molecular formula is C44H40N4O10. The van der Waals surface area contributed by atoms with E-state index in [1.54, 1.807) is 41.3 Å². The van der Waals surface area contributed by atoms with Crippen molar-refractivity contribution in [3.8, 4) is 11.5 Å². The van der Waals surface area contributed by atoms with Crippen molar-refractivity contribution in [3.05, 3.63) is 153 Å². The van der Waals surface area contributed by atoms with Gasteiger partial charge in [0.25, 0.3) is 23.4 Å². The number of nitro groups is 1. The summed E-state index contributed by atoms with van der Waals surface area (Å²) in [6.45, 7) is 5.99. The van der Waals surface area contributed by atoms with Crippen LogP contribution in [-0.2, 0) is 25.6 Å². The van der Waals surface area contributed by atoms with Crippen molar-refractivity contribution in [1.29, 1.82) is 0 Å². The number of benzene rings is 4. The molecule has 0 aromatic heterocycles. The predicted molar refractivity (Wildman–Crippen MR) is 214 cm³/mol. The average Bonchev–Trinajstić information content (AvgIpc) is 3.63. The van der Waals surface area contributed by atoms with Gasteiger partial charge < -0.3 is 29.2 Å². The highest BCUT2D eigenvalue weighted by molar-refractivity contribution is 6.32. The Balaban J connectivity index is 0.791. The van der Waals surface area contributed by atoms with Crippen molar-refractivity contribution in [3.63, 3.8) is 0 Å².